The highest BCUT2D eigenvalue weighted by Gasteiger charge is 2.77. The molecule has 3 saturated heterocycles. The number of carbonyl (C=O) groups is 1. The number of aromatic hydroxyl groups is 1. The maximum absolute atomic E-state index is 12.7. The Balaban J connectivity index is 1.14. The number of methoxy groups -OCH3 is 1. The van der Waals surface area contributed by atoms with E-state index >= 15 is 0 Å². The Bertz CT molecular complexity index is 1370. The van der Waals surface area contributed by atoms with Crippen LogP contribution in [0, 0.1) is 11.8 Å². The van der Waals surface area contributed by atoms with Crippen molar-refractivity contribution in [1.29, 1.82) is 0 Å². The van der Waals surface area contributed by atoms with Crippen molar-refractivity contribution in [2.45, 2.75) is 92.4 Å². The van der Waals surface area contributed by atoms with E-state index in [0.29, 0.717) is 5.56 Å². The molecule has 17 nitrogen and oxygen atoms in total. The van der Waals surface area contributed by atoms with E-state index in [9.17, 15) is 45.6 Å². The molecule has 4 fully saturated rings. The van der Waals surface area contributed by atoms with Crippen molar-refractivity contribution in [3.05, 3.63) is 42.2 Å². The Hall–Kier alpha value is -2.91. The summed E-state index contributed by atoms with van der Waals surface area (Å²) >= 11 is 0. The van der Waals surface area contributed by atoms with Gasteiger partial charge in [0.25, 0.3) is 0 Å². The first-order valence-electron chi connectivity index (χ1n) is 15.4. The largest absolute Gasteiger partial charge is 0.504 e. The quantitative estimate of drug-likeness (QED) is 0.0705. The fourth-order valence-corrected chi connectivity index (χ4v) is 6.85. The number of rotatable bonds is 10. The summed E-state index contributed by atoms with van der Waals surface area (Å²) in [7, 11) is 1.38. The molecule has 0 aromatic heterocycles. The second kappa shape index (κ2) is 13.8. The van der Waals surface area contributed by atoms with Gasteiger partial charge in [-0.2, -0.15) is 0 Å². The van der Waals surface area contributed by atoms with Gasteiger partial charge in [0.15, 0.2) is 30.2 Å². The highest BCUT2D eigenvalue weighted by atomic mass is 16.8. The van der Waals surface area contributed by atoms with Crippen LogP contribution in [-0.4, -0.2) is 153 Å². The number of phenolic OH excluding ortho intramolecular Hbond substituents is 1. The van der Waals surface area contributed by atoms with Gasteiger partial charge >= 0.3 is 5.97 Å². The first kappa shape index (κ1) is 34.9. The van der Waals surface area contributed by atoms with E-state index in [4.69, 9.17) is 37.9 Å². The molecule has 0 radical (unpaired) electrons. The number of hydrogen-bond donors (Lipinski definition) is 8. The monoisotopic (exact) mass is 684 g/mol. The summed E-state index contributed by atoms with van der Waals surface area (Å²) < 4.78 is 45.4. The van der Waals surface area contributed by atoms with Gasteiger partial charge in [0.2, 0.25) is 6.29 Å². The summed E-state index contributed by atoms with van der Waals surface area (Å²) in [4.78, 5) is 12.7. The number of carbonyl (C=O) groups excluding carboxylic acids is 1. The Kier molecular flexibility index (Phi) is 10.0. The van der Waals surface area contributed by atoms with Gasteiger partial charge in [-0.15, -0.1) is 0 Å². The maximum Gasteiger partial charge on any atom is 0.331 e. The van der Waals surface area contributed by atoms with Crippen LogP contribution < -0.4 is 4.74 Å². The van der Waals surface area contributed by atoms with Crippen LogP contribution in [0.2, 0.25) is 0 Å². The van der Waals surface area contributed by atoms with E-state index in [1.165, 1.54) is 44.6 Å². The summed E-state index contributed by atoms with van der Waals surface area (Å²) in [6.07, 6.45) is -12.1. The molecule has 4 aliphatic heterocycles. The first-order valence-corrected chi connectivity index (χ1v) is 15.4. The number of aliphatic hydroxyl groups excluding tert-OH is 7. The number of hydrogen-bond acceptors (Lipinski definition) is 17. The van der Waals surface area contributed by atoms with Gasteiger partial charge in [0.1, 0.15) is 48.3 Å². The smallest absolute Gasteiger partial charge is 0.331 e. The second-order valence-electron chi connectivity index (χ2n) is 12.4. The number of epoxide rings is 1. The molecule has 17 heteroatoms. The van der Waals surface area contributed by atoms with E-state index in [2.05, 4.69) is 0 Å². The van der Waals surface area contributed by atoms with Crippen LogP contribution in [0.3, 0.4) is 0 Å². The fraction of sp³-hybridized carbons (Fsp3) is 0.645. The summed E-state index contributed by atoms with van der Waals surface area (Å²) in [6, 6.07) is 4.42. The molecule has 1 aliphatic carbocycles. The van der Waals surface area contributed by atoms with Gasteiger partial charge in [-0.3, -0.25) is 0 Å². The summed E-state index contributed by atoms with van der Waals surface area (Å²) in [5.74, 6) is -2.12. The Morgan fingerprint density at radius 3 is 2.40 bits per heavy atom. The second-order valence-corrected chi connectivity index (χ2v) is 12.4. The van der Waals surface area contributed by atoms with Crippen molar-refractivity contribution in [2.24, 2.45) is 11.8 Å². The molecule has 16 atom stereocenters. The van der Waals surface area contributed by atoms with Crippen LogP contribution >= 0.6 is 0 Å². The Morgan fingerprint density at radius 1 is 0.938 bits per heavy atom. The lowest BCUT2D eigenvalue weighted by Gasteiger charge is -2.44. The van der Waals surface area contributed by atoms with Crippen molar-refractivity contribution in [1.82, 2.24) is 0 Å². The van der Waals surface area contributed by atoms with E-state index in [0.717, 1.165) is 6.08 Å². The van der Waals surface area contributed by atoms with Crippen LogP contribution in [0.25, 0.3) is 6.08 Å². The normalized spacial score (nSPS) is 44.9. The molecule has 8 N–H and O–H groups in total. The van der Waals surface area contributed by atoms with Crippen molar-refractivity contribution in [3.63, 3.8) is 0 Å². The fourth-order valence-electron chi connectivity index (χ4n) is 6.85. The molecule has 1 aromatic rings. The Labute approximate surface area is 274 Å². The maximum atomic E-state index is 12.7. The zero-order valence-corrected chi connectivity index (χ0v) is 25.9. The molecule has 0 bridgehead atoms. The minimum atomic E-state index is -1.71. The topological polar surface area (TPSA) is 256 Å². The molecule has 4 heterocycles. The lowest BCUT2D eigenvalue weighted by atomic mass is 9.85. The highest BCUT2D eigenvalue weighted by molar-refractivity contribution is 5.87. The molecular formula is C31H40O17. The number of phenols is 1. The molecule has 48 heavy (non-hydrogen) atoms. The van der Waals surface area contributed by atoms with Gasteiger partial charge in [0.05, 0.1) is 44.7 Å². The predicted octanol–water partition coefficient (Wildman–Crippen LogP) is -2.76. The summed E-state index contributed by atoms with van der Waals surface area (Å²) in [5, 5.41) is 82.5. The van der Waals surface area contributed by atoms with E-state index in [-0.39, 0.29) is 11.5 Å². The van der Waals surface area contributed by atoms with Crippen molar-refractivity contribution < 1.29 is 83.5 Å². The van der Waals surface area contributed by atoms with Gasteiger partial charge in [-0.1, -0.05) is 6.07 Å². The molecule has 0 spiro atoms. The van der Waals surface area contributed by atoms with E-state index < -0.39 is 117 Å². The van der Waals surface area contributed by atoms with Crippen LogP contribution in [0.1, 0.15) is 12.5 Å². The average Bonchev–Trinajstić information content (AvgIpc) is 3.76. The standard InChI is InChI=1S/C31H40O17/c1-12-20(36)26(45-18(35)6-4-13-3-5-15(34)16(9-13)41-2)24(40)30(43-12)46-25-14-7-8-42-28(19(14)31(11-33)27(25)48-31)47-29-23(39)22(38)21(37)17(10-32)44-29/h3-9,12,14,17,19-30,32-34,36-40H,10-11H2,1-2H3/b6-4+/t12-,14?,17+,19?,20-,21+,22-,23+,24-,25-,26+,27-,28-,29-,30-,31+/m0/s1. The van der Waals surface area contributed by atoms with Crippen molar-refractivity contribution >= 4 is 12.0 Å². The molecule has 6 rings (SSSR count). The summed E-state index contributed by atoms with van der Waals surface area (Å²) in [5.41, 5.74) is -0.729. The van der Waals surface area contributed by atoms with E-state index in [1.54, 1.807) is 6.08 Å². The van der Waals surface area contributed by atoms with Crippen LogP contribution in [0.15, 0.2) is 36.6 Å². The third-order valence-corrected chi connectivity index (χ3v) is 9.54. The number of fused-ring (bicyclic) bond motifs is 3. The lowest BCUT2D eigenvalue weighted by molar-refractivity contribution is -0.347. The third-order valence-electron chi connectivity index (χ3n) is 9.54. The zero-order valence-electron chi connectivity index (χ0n) is 25.9. The molecule has 1 aromatic carbocycles. The Morgan fingerprint density at radius 2 is 1.69 bits per heavy atom. The molecule has 5 aliphatic rings. The van der Waals surface area contributed by atoms with Crippen LogP contribution in [0.4, 0.5) is 0 Å². The van der Waals surface area contributed by atoms with Gasteiger partial charge in [-0.25, -0.2) is 4.79 Å². The first-order chi connectivity index (χ1) is 22.9. The number of esters is 1. The SMILES string of the molecule is COc1cc(/C=C/C(=O)O[C@H]2[C@H](O)[C@H](O[C@H]3C4C=CO[C@@H](O[C@@H]5O[C@H](CO)[C@@H](O)[C@H](O)[C@H]5O)C4[C@@]4(CO)O[C@@H]34)O[C@@H](C)[C@@H]2O)ccc1O. The van der Waals surface area contributed by atoms with Crippen molar-refractivity contribution in [3.8, 4) is 11.5 Å². The minimum absolute atomic E-state index is 0.0831. The molecule has 2 unspecified atom stereocenters. The summed E-state index contributed by atoms with van der Waals surface area (Å²) in [6.45, 7) is 0.349. The number of benzene rings is 1. The zero-order chi connectivity index (χ0) is 34.5. The van der Waals surface area contributed by atoms with Crippen LogP contribution in [0.5, 0.6) is 11.5 Å². The van der Waals surface area contributed by atoms with Crippen LogP contribution in [-0.2, 0) is 38.0 Å². The molecule has 266 valence electrons. The molecular weight excluding hydrogens is 644 g/mol. The number of aliphatic hydroxyl groups is 7. The van der Waals surface area contributed by atoms with E-state index in [1.807, 2.05) is 0 Å². The molecule has 1 saturated carbocycles. The highest BCUT2D eigenvalue weighted by Crippen LogP contribution is 2.61. The van der Waals surface area contributed by atoms with Gasteiger partial charge in [0, 0.05) is 12.0 Å². The minimum Gasteiger partial charge on any atom is -0.504 e. The van der Waals surface area contributed by atoms with Gasteiger partial charge in [-0.05, 0) is 36.8 Å². The van der Waals surface area contributed by atoms with Gasteiger partial charge < -0.3 is 78.7 Å². The average molecular weight is 685 g/mol. The number of ether oxygens (including phenoxy) is 8. The predicted molar refractivity (Wildman–Crippen MR) is 155 cm³/mol. The third kappa shape index (κ3) is 6.19. The van der Waals surface area contributed by atoms with Crippen molar-refractivity contribution in [2.75, 3.05) is 20.3 Å². The lowest BCUT2D eigenvalue weighted by Crippen LogP contribution is -2.60. The molecule has 0 amide bonds.